The lowest BCUT2D eigenvalue weighted by atomic mass is 9.73. The molecule has 1 atom stereocenters. The molecule has 5 heteroatoms. The van der Waals surface area contributed by atoms with Gasteiger partial charge < -0.3 is 0 Å². The first kappa shape index (κ1) is 17.1. The number of sulfone groups is 1. The molecule has 0 bridgehead atoms. The minimum atomic E-state index is -2.92. The molecule has 21 heavy (non-hydrogen) atoms. The minimum Gasteiger partial charge on any atom is -0.229 e. The molecular formula is C16H22Cl2O2S. The first-order chi connectivity index (χ1) is 9.82. The number of halogens is 2. The zero-order valence-corrected chi connectivity index (χ0v) is 14.9. The molecule has 0 amide bonds. The molecular weight excluding hydrogens is 327 g/mol. The second-order valence-corrected chi connectivity index (χ2v) is 9.09. The molecule has 1 heterocycles. The van der Waals surface area contributed by atoms with E-state index in [1.165, 1.54) is 16.7 Å². The molecule has 0 aliphatic carbocycles. The lowest BCUT2D eigenvalue weighted by Crippen LogP contribution is -2.37. The fourth-order valence-corrected chi connectivity index (χ4v) is 5.95. The van der Waals surface area contributed by atoms with Gasteiger partial charge >= 0.3 is 0 Å². The fraction of sp³-hybridized carbons (Fsp3) is 0.625. The van der Waals surface area contributed by atoms with Gasteiger partial charge in [-0.25, -0.2) is 8.42 Å². The van der Waals surface area contributed by atoms with Crippen molar-refractivity contribution in [3.63, 3.8) is 0 Å². The Balaban J connectivity index is 2.27. The maximum absolute atomic E-state index is 11.8. The van der Waals surface area contributed by atoms with Crippen molar-refractivity contribution < 1.29 is 8.42 Å². The lowest BCUT2D eigenvalue weighted by Gasteiger charge is -2.35. The highest BCUT2D eigenvalue weighted by Crippen LogP contribution is 2.41. The van der Waals surface area contributed by atoms with Gasteiger partial charge in [0.05, 0.1) is 11.5 Å². The highest BCUT2D eigenvalue weighted by molar-refractivity contribution is 7.91. The molecule has 1 aromatic rings. The van der Waals surface area contributed by atoms with Crippen LogP contribution in [0.25, 0.3) is 0 Å². The van der Waals surface area contributed by atoms with Crippen LogP contribution in [0.1, 0.15) is 23.1 Å². The van der Waals surface area contributed by atoms with E-state index in [4.69, 9.17) is 23.2 Å². The predicted octanol–water partition coefficient (Wildman–Crippen LogP) is 3.74. The molecule has 2 rings (SSSR count). The van der Waals surface area contributed by atoms with Gasteiger partial charge in [0.15, 0.2) is 9.84 Å². The van der Waals surface area contributed by atoms with Gasteiger partial charge in [-0.2, -0.15) is 0 Å². The molecule has 1 aliphatic rings. The Morgan fingerprint density at radius 2 is 1.86 bits per heavy atom. The normalized spacial score (nSPS) is 21.6. The van der Waals surface area contributed by atoms with Crippen LogP contribution in [-0.2, 0) is 16.3 Å². The standard InChI is InChI=1S/C16H22Cl2O2S/c1-12-3-4-14(7-13(12)2)8-16(10-17,11-18)15-5-6-21(19,20)9-15/h3-4,7,15H,5-6,8-11H2,1-2H3. The van der Waals surface area contributed by atoms with Crippen molar-refractivity contribution in [3.8, 4) is 0 Å². The second kappa shape index (κ2) is 6.47. The summed E-state index contributed by atoms with van der Waals surface area (Å²) in [4.78, 5) is 0. The van der Waals surface area contributed by atoms with E-state index < -0.39 is 9.84 Å². The molecule has 2 nitrogen and oxygen atoms in total. The molecule has 0 radical (unpaired) electrons. The average Bonchev–Trinajstić information content (AvgIpc) is 2.81. The largest absolute Gasteiger partial charge is 0.229 e. The summed E-state index contributed by atoms with van der Waals surface area (Å²) >= 11 is 12.5. The maximum atomic E-state index is 11.8. The molecule has 0 N–H and O–H groups in total. The van der Waals surface area contributed by atoms with Gasteiger partial charge in [0.25, 0.3) is 0 Å². The second-order valence-electron chi connectivity index (χ2n) is 6.32. The highest BCUT2D eigenvalue weighted by Gasteiger charge is 2.43. The van der Waals surface area contributed by atoms with Crippen LogP contribution >= 0.6 is 23.2 Å². The van der Waals surface area contributed by atoms with Crippen LogP contribution < -0.4 is 0 Å². The SMILES string of the molecule is Cc1ccc(CC(CCl)(CCl)C2CCS(=O)(=O)C2)cc1C. The molecule has 0 spiro atoms. The fourth-order valence-electron chi connectivity index (χ4n) is 3.09. The highest BCUT2D eigenvalue weighted by atomic mass is 35.5. The van der Waals surface area contributed by atoms with Crippen LogP contribution in [-0.4, -0.2) is 31.7 Å². The third-order valence-electron chi connectivity index (χ3n) is 4.76. The predicted molar refractivity (Wildman–Crippen MR) is 90.3 cm³/mol. The summed E-state index contributed by atoms with van der Waals surface area (Å²) in [7, 11) is -2.92. The monoisotopic (exact) mass is 348 g/mol. The van der Waals surface area contributed by atoms with Crippen molar-refractivity contribution >= 4 is 33.0 Å². The van der Waals surface area contributed by atoms with E-state index in [9.17, 15) is 8.42 Å². The Labute approximate surface area is 137 Å². The van der Waals surface area contributed by atoms with Crippen molar-refractivity contribution in [1.29, 1.82) is 0 Å². The smallest absolute Gasteiger partial charge is 0.150 e. The van der Waals surface area contributed by atoms with E-state index in [1.807, 2.05) is 0 Å². The quantitative estimate of drug-likeness (QED) is 0.759. The molecule has 0 aromatic heterocycles. The van der Waals surface area contributed by atoms with Crippen LogP contribution in [0.2, 0.25) is 0 Å². The van der Waals surface area contributed by atoms with Gasteiger partial charge in [0.1, 0.15) is 0 Å². The Morgan fingerprint density at radius 3 is 2.33 bits per heavy atom. The lowest BCUT2D eigenvalue weighted by molar-refractivity contribution is 0.244. The summed E-state index contributed by atoms with van der Waals surface area (Å²) in [5, 5.41) is 0. The Kier molecular flexibility index (Phi) is 5.27. The average molecular weight is 349 g/mol. The summed E-state index contributed by atoms with van der Waals surface area (Å²) in [5.74, 6) is 1.32. The number of benzene rings is 1. The van der Waals surface area contributed by atoms with Gasteiger partial charge in [-0.1, -0.05) is 18.2 Å². The molecule has 1 aliphatic heterocycles. The van der Waals surface area contributed by atoms with Crippen molar-refractivity contribution in [3.05, 3.63) is 34.9 Å². The Hall–Kier alpha value is -0.250. The summed E-state index contributed by atoms with van der Waals surface area (Å²) in [5.41, 5.74) is 3.34. The number of rotatable bonds is 5. The van der Waals surface area contributed by atoms with Gasteiger partial charge in [-0.05, 0) is 49.3 Å². The summed E-state index contributed by atoms with van der Waals surface area (Å²) in [6.07, 6.45) is 1.41. The summed E-state index contributed by atoms with van der Waals surface area (Å²) in [6.45, 7) is 4.17. The molecule has 1 fully saturated rings. The zero-order chi connectivity index (χ0) is 15.7. The number of aryl methyl sites for hydroxylation is 2. The van der Waals surface area contributed by atoms with Crippen LogP contribution in [0, 0.1) is 25.2 Å². The van der Waals surface area contributed by atoms with E-state index in [1.54, 1.807) is 0 Å². The zero-order valence-electron chi connectivity index (χ0n) is 12.5. The topological polar surface area (TPSA) is 34.1 Å². The van der Waals surface area contributed by atoms with Gasteiger partial charge in [-0.15, -0.1) is 23.2 Å². The minimum absolute atomic E-state index is 0.0547. The third kappa shape index (κ3) is 3.75. The van der Waals surface area contributed by atoms with Crippen molar-refractivity contribution in [2.24, 2.45) is 11.3 Å². The van der Waals surface area contributed by atoms with Crippen LogP contribution in [0.15, 0.2) is 18.2 Å². The molecule has 0 saturated carbocycles. The summed E-state index contributed by atoms with van der Waals surface area (Å²) < 4.78 is 23.6. The number of hydrogen-bond donors (Lipinski definition) is 0. The first-order valence-corrected chi connectivity index (χ1v) is 10.1. The van der Waals surface area contributed by atoms with Crippen molar-refractivity contribution in [1.82, 2.24) is 0 Å². The number of hydrogen-bond acceptors (Lipinski definition) is 2. The third-order valence-corrected chi connectivity index (χ3v) is 7.59. The van der Waals surface area contributed by atoms with Gasteiger partial charge in [0.2, 0.25) is 0 Å². The van der Waals surface area contributed by atoms with Crippen LogP contribution in [0.4, 0.5) is 0 Å². The molecule has 1 aromatic carbocycles. The van der Waals surface area contributed by atoms with E-state index in [-0.39, 0.29) is 22.8 Å². The van der Waals surface area contributed by atoms with E-state index in [0.29, 0.717) is 18.2 Å². The summed E-state index contributed by atoms with van der Waals surface area (Å²) in [6, 6.07) is 6.36. The van der Waals surface area contributed by atoms with Gasteiger partial charge in [-0.3, -0.25) is 0 Å². The molecule has 118 valence electrons. The Morgan fingerprint density at radius 1 is 1.19 bits per heavy atom. The van der Waals surface area contributed by atoms with Crippen LogP contribution in [0.5, 0.6) is 0 Å². The molecule has 1 unspecified atom stereocenters. The first-order valence-electron chi connectivity index (χ1n) is 7.20. The number of alkyl halides is 2. The van der Waals surface area contributed by atoms with E-state index in [2.05, 4.69) is 32.0 Å². The van der Waals surface area contributed by atoms with Gasteiger partial charge in [0, 0.05) is 17.2 Å². The maximum Gasteiger partial charge on any atom is 0.150 e. The van der Waals surface area contributed by atoms with E-state index >= 15 is 0 Å². The van der Waals surface area contributed by atoms with Crippen LogP contribution in [0.3, 0.4) is 0 Å². The van der Waals surface area contributed by atoms with Crippen molar-refractivity contribution in [2.75, 3.05) is 23.3 Å². The van der Waals surface area contributed by atoms with E-state index in [0.717, 1.165) is 6.42 Å². The Bertz CT molecular complexity index is 607. The van der Waals surface area contributed by atoms with Crippen molar-refractivity contribution in [2.45, 2.75) is 26.7 Å². The molecule has 1 saturated heterocycles.